The van der Waals surface area contributed by atoms with Crippen molar-refractivity contribution in [3.63, 3.8) is 0 Å². The van der Waals surface area contributed by atoms with Gasteiger partial charge in [0.15, 0.2) is 0 Å². The van der Waals surface area contributed by atoms with Crippen LogP contribution >= 0.6 is 0 Å². The number of carbonyl (C=O) groups excluding carboxylic acids is 1. The molecule has 0 amide bonds. The predicted octanol–water partition coefficient (Wildman–Crippen LogP) is 4.23. The van der Waals surface area contributed by atoms with Crippen molar-refractivity contribution in [2.45, 2.75) is 6.54 Å². The van der Waals surface area contributed by atoms with Crippen LogP contribution in [-0.4, -0.2) is 22.4 Å². The molecule has 0 saturated carbocycles. The maximum absolute atomic E-state index is 12.1. The number of benzene rings is 2. The number of aromatic nitrogens is 2. The molecular formula is C23H19N3O2. The zero-order valence-corrected chi connectivity index (χ0v) is 15.3. The van der Waals surface area contributed by atoms with Crippen LogP contribution < -0.4 is 0 Å². The molecule has 0 aliphatic carbocycles. The van der Waals surface area contributed by atoms with Crippen molar-refractivity contribution in [2.24, 2.45) is 0 Å². The van der Waals surface area contributed by atoms with E-state index in [0.717, 1.165) is 11.1 Å². The molecule has 0 atom stereocenters. The third kappa shape index (κ3) is 4.63. The molecule has 0 fully saturated rings. The van der Waals surface area contributed by atoms with Crippen LogP contribution in [0.5, 0.6) is 0 Å². The molecule has 0 radical (unpaired) electrons. The first kappa shape index (κ1) is 18.9. The van der Waals surface area contributed by atoms with E-state index in [1.165, 1.54) is 12.2 Å². The summed E-state index contributed by atoms with van der Waals surface area (Å²) in [4.78, 5) is 12.1. The normalized spacial score (nSPS) is 10.9. The molecule has 138 valence electrons. The first-order chi connectivity index (χ1) is 13.7. The fourth-order valence-electron chi connectivity index (χ4n) is 2.72. The topological polar surface area (TPSA) is 67.9 Å². The molecule has 1 heterocycles. The number of ether oxygens (including phenoxy) is 1. The summed E-state index contributed by atoms with van der Waals surface area (Å²) in [6.45, 7) is 4.14. The van der Waals surface area contributed by atoms with E-state index in [0.29, 0.717) is 17.8 Å². The first-order valence-electron chi connectivity index (χ1n) is 8.78. The highest BCUT2D eigenvalue weighted by atomic mass is 16.5. The first-order valence-corrected chi connectivity index (χ1v) is 8.78. The minimum atomic E-state index is -0.683. The van der Waals surface area contributed by atoms with Crippen LogP contribution in [0.15, 0.2) is 85.1 Å². The van der Waals surface area contributed by atoms with Gasteiger partial charge in [-0.25, -0.2) is 4.79 Å². The number of nitriles is 1. The average molecular weight is 369 g/mol. The van der Waals surface area contributed by atoms with Crippen molar-refractivity contribution in [1.82, 2.24) is 9.78 Å². The molecule has 0 unspecified atom stereocenters. The third-order valence-corrected chi connectivity index (χ3v) is 4.00. The zero-order valence-electron chi connectivity index (χ0n) is 15.3. The van der Waals surface area contributed by atoms with E-state index in [4.69, 9.17) is 4.74 Å². The maximum Gasteiger partial charge on any atom is 0.349 e. The molecule has 5 heteroatoms. The van der Waals surface area contributed by atoms with Gasteiger partial charge < -0.3 is 4.74 Å². The second-order valence-electron chi connectivity index (χ2n) is 6.04. The minimum absolute atomic E-state index is 0.0522. The van der Waals surface area contributed by atoms with Gasteiger partial charge in [0.2, 0.25) is 0 Å². The van der Waals surface area contributed by atoms with Gasteiger partial charge in [-0.05, 0) is 11.6 Å². The summed E-state index contributed by atoms with van der Waals surface area (Å²) in [7, 11) is 0. The second-order valence-corrected chi connectivity index (χ2v) is 6.04. The van der Waals surface area contributed by atoms with E-state index >= 15 is 0 Å². The Balaban J connectivity index is 2.00. The van der Waals surface area contributed by atoms with Crippen LogP contribution in [0.1, 0.15) is 11.1 Å². The summed E-state index contributed by atoms with van der Waals surface area (Å²) < 4.78 is 6.79. The monoisotopic (exact) mass is 369 g/mol. The summed E-state index contributed by atoms with van der Waals surface area (Å²) in [5, 5.41) is 14.1. The number of hydrogen-bond acceptors (Lipinski definition) is 4. The molecule has 0 aliphatic heterocycles. The Morgan fingerprint density at radius 2 is 1.82 bits per heavy atom. The standard InChI is InChI=1S/C23H19N3O2/c1-2-13-28-23(27)20(15-24)14-21-17-26(16-18-9-5-3-6-10-18)25-22(21)19-11-7-4-8-12-19/h2-12,14,17H,1,13,16H2/b20-14+. The lowest BCUT2D eigenvalue weighted by Gasteiger charge is -2.01. The van der Waals surface area contributed by atoms with E-state index in [-0.39, 0.29) is 12.2 Å². The van der Waals surface area contributed by atoms with Crippen molar-refractivity contribution in [1.29, 1.82) is 5.26 Å². The number of carbonyl (C=O) groups is 1. The van der Waals surface area contributed by atoms with E-state index in [1.807, 2.05) is 72.9 Å². The fourth-order valence-corrected chi connectivity index (χ4v) is 2.72. The van der Waals surface area contributed by atoms with E-state index in [1.54, 1.807) is 4.68 Å². The Bertz CT molecular complexity index is 1030. The molecule has 3 aromatic rings. The van der Waals surface area contributed by atoms with Gasteiger partial charge in [-0.2, -0.15) is 10.4 Å². The molecule has 0 N–H and O–H groups in total. The summed E-state index contributed by atoms with van der Waals surface area (Å²) in [5.41, 5.74) is 3.29. The molecule has 0 aliphatic rings. The van der Waals surface area contributed by atoms with Gasteiger partial charge in [0, 0.05) is 17.3 Å². The summed E-state index contributed by atoms with van der Waals surface area (Å²) in [5.74, 6) is -0.683. The van der Waals surface area contributed by atoms with Crippen LogP contribution in [0.3, 0.4) is 0 Å². The molecule has 0 spiro atoms. The molecule has 5 nitrogen and oxygen atoms in total. The van der Waals surface area contributed by atoms with Gasteiger partial charge in [-0.3, -0.25) is 4.68 Å². The average Bonchev–Trinajstić information content (AvgIpc) is 3.13. The number of hydrogen-bond donors (Lipinski definition) is 0. The molecule has 0 bridgehead atoms. The lowest BCUT2D eigenvalue weighted by atomic mass is 10.1. The van der Waals surface area contributed by atoms with E-state index < -0.39 is 5.97 Å². The lowest BCUT2D eigenvalue weighted by molar-refractivity contribution is -0.137. The van der Waals surface area contributed by atoms with Crippen LogP contribution in [0.4, 0.5) is 0 Å². The van der Waals surface area contributed by atoms with E-state index in [2.05, 4.69) is 11.7 Å². The van der Waals surface area contributed by atoms with Crippen molar-refractivity contribution < 1.29 is 9.53 Å². The fraction of sp³-hybridized carbons (Fsp3) is 0.0870. The molecule has 1 aromatic heterocycles. The smallest absolute Gasteiger partial charge is 0.349 e. The zero-order chi connectivity index (χ0) is 19.8. The quantitative estimate of drug-likeness (QED) is 0.270. The number of nitrogens with zero attached hydrogens (tertiary/aromatic N) is 3. The van der Waals surface area contributed by atoms with Crippen molar-refractivity contribution in [3.05, 3.63) is 96.2 Å². The Kier molecular flexibility index (Phi) is 6.17. The minimum Gasteiger partial charge on any atom is -0.457 e. The van der Waals surface area contributed by atoms with Gasteiger partial charge in [0.1, 0.15) is 18.2 Å². The highest BCUT2D eigenvalue weighted by Crippen LogP contribution is 2.24. The summed E-state index contributed by atoms with van der Waals surface area (Å²) >= 11 is 0. The van der Waals surface area contributed by atoms with Crippen LogP contribution in [0, 0.1) is 11.3 Å². The Labute approximate surface area is 163 Å². The van der Waals surface area contributed by atoms with Crippen molar-refractivity contribution in [2.75, 3.05) is 6.61 Å². The summed E-state index contributed by atoms with van der Waals surface area (Å²) in [6.07, 6.45) is 4.80. The van der Waals surface area contributed by atoms with Gasteiger partial charge in [-0.1, -0.05) is 73.3 Å². The largest absolute Gasteiger partial charge is 0.457 e. The highest BCUT2D eigenvalue weighted by Gasteiger charge is 2.15. The Morgan fingerprint density at radius 3 is 2.46 bits per heavy atom. The molecular weight excluding hydrogens is 350 g/mol. The third-order valence-electron chi connectivity index (χ3n) is 4.00. The SMILES string of the molecule is C=CCOC(=O)/C(C#N)=C/c1cn(Cc2ccccc2)nc1-c1ccccc1. The van der Waals surface area contributed by atoms with Crippen molar-refractivity contribution >= 4 is 12.0 Å². The Hall–Kier alpha value is -3.91. The molecule has 3 rings (SSSR count). The second kappa shape index (κ2) is 9.15. The molecule has 2 aromatic carbocycles. The maximum atomic E-state index is 12.1. The summed E-state index contributed by atoms with van der Waals surface area (Å²) in [6, 6.07) is 21.5. The van der Waals surface area contributed by atoms with Crippen LogP contribution in [0.25, 0.3) is 17.3 Å². The highest BCUT2D eigenvalue weighted by molar-refractivity contribution is 5.98. The van der Waals surface area contributed by atoms with Crippen LogP contribution in [0.2, 0.25) is 0 Å². The molecule has 0 saturated heterocycles. The van der Waals surface area contributed by atoms with Crippen molar-refractivity contribution in [3.8, 4) is 17.3 Å². The molecule has 28 heavy (non-hydrogen) atoms. The van der Waals surface area contributed by atoms with Gasteiger partial charge >= 0.3 is 5.97 Å². The van der Waals surface area contributed by atoms with E-state index in [9.17, 15) is 10.1 Å². The lowest BCUT2D eigenvalue weighted by Crippen LogP contribution is -2.06. The van der Waals surface area contributed by atoms with Gasteiger partial charge in [0.25, 0.3) is 0 Å². The van der Waals surface area contributed by atoms with Gasteiger partial charge in [0.05, 0.1) is 12.2 Å². The Morgan fingerprint density at radius 1 is 1.14 bits per heavy atom. The number of rotatable bonds is 7. The van der Waals surface area contributed by atoms with Crippen LogP contribution in [-0.2, 0) is 16.1 Å². The number of esters is 1. The van der Waals surface area contributed by atoms with Gasteiger partial charge in [-0.15, -0.1) is 0 Å². The predicted molar refractivity (Wildman–Crippen MR) is 108 cm³/mol.